The molecule has 0 spiro atoms. The van der Waals surface area contributed by atoms with Gasteiger partial charge >= 0.3 is 12.5 Å². The summed E-state index contributed by atoms with van der Waals surface area (Å²) in [5.41, 5.74) is -0.247. The zero-order valence-electron chi connectivity index (χ0n) is 17.6. The first-order valence-electron chi connectivity index (χ1n) is 10.0. The van der Waals surface area contributed by atoms with E-state index < -0.39 is 12.0 Å². The van der Waals surface area contributed by atoms with Crippen LogP contribution < -0.4 is 10.1 Å². The maximum absolute atomic E-state index is 12.5. The molecule has 1 saturated heterocycles. The van der Waals surface area contributed by atoms with Crippen LogP contribution >= 0.6 is 0 Å². The average Bonchev–Trinajstić information content (AvgIpc) is 2.63. The molecule has 9 heteroatoms. The number of nitrogens with zero attached hydrogens (tertiary/aromatic N) is 1. The Morgan fingerprint density at radius 1 is 1.20 bits per heavy atom. The number of hydrogen-bond donors (Lipinski definition) is 1. The molecular weight excluding hydrogens is 401 g/mol. The molecule has 1 fully saturated rings. The fraction of sp³-hybridized carbons (Fsp3) is 0.619. The summed E-state index contributed by atoms with van der Waals surface area (Å²) in [4.78, 5) is 26.0. The number of carbonyl (C=O) groups is 2. The number of nitrogens with one attached hydrogen (secondary N) is 1. The Kier molecular flexibility index (Phi) is 7.97. The third kappa shape index (κ3) is 8.51. The number of piperidine rings is 1. The van der Waals surface area contributed by atoms with E-state index in [-0.39, 0.29) is 36.5 Å². The second kappa shape index (κ2) is 10.0. The van der Waals surface area contributed by atoms with E-state index in [0.717, 1.165) is 12.8 Å². The number of halogens is 3. The number of ether oxygens (including phenoxy) is 2. The first-order valence-corrected chi connectivity index (χ1v) is 10.0. The van der Waals surface area contributed by atoms with Crippen LogP contribution in [0.2, 0.25) is 0 Å². The van der Waals surface area contributed by atoms with Crippen LogP contribution in [0.5, 0.6) is 5.75 Å². The van der Waals surface area contributed by atoms with Crippen LogP contribution in [0.15, 0.2) is 24.3 Å². The minimum absolute atomic E-state index is 0.0424. The summed E-state index contributed by atoms with van der Waals surface area (Å²) >= 11 is 0. The summed E-state index contributed by atoms with van der Waals surface area (Å²) < 4.78 is 46.9. The highest BCUT2D eigenvalue weighted by molar-refractivity contribution is 5.76. The van der Waals surface area contributed by atoms with Gasteiger partial charge in [0.15, 0.2) is 0 Å². The summed E-state index contributed by atoms with van der Waals surface area (Å²) in [6, 6.07) is 5.79. The van der Waals surface area contributed by atoms with Gasteiger partial charge in [-0.2, -0.15) is 0 Å². The van der Waals surface area contributed by atoms with Crippen molar-refractivity contribution >= 4 is 12.0 Å². The Morgan fingerprint density at radius 3 is 2.57 bits per heavy atom. The van der Waals surface area contributed by atoms with E-state index in [1.165, 1.54) is 18.2 Å². The molecule has 1 heterocycles. The number of alkyl halides is 3. The van der Waals surface area contributed by atoms with Gasteiger partial charge in [-0.3, -0.25) is 4.79 Å². The van der Waals surface area contributed by atoms with Crippen molar-refractivity contribution in [2.45, 2.75) is 58.4 Å². The van der Waals surface area contributed by atoms with Gasteiger partial charge < -0.3 is 19.7 Å². The first-order chi connectivity index (χ1) is 13.9. The highest BCUT2D eigenvalue weighted by Gasteiger charge is 2.32. The molecule has 0 saturated carbocycles. The molecule has 1 aliphatic heterocycles. The summed E-state index contributed by atoms with van der Waals surface area (Å²) in [5, 5.41) is 2.82. The highest BCUT2D eigenvalue weighted by atomic mass is 19.4. The molecule has 1 aromatic rings. The van der Waals surface area contributed by atoms with Gasteiger partial charge in [0.25, 0.3) is 0 Å². The van der Waals surface area contributed by atoms with E-state index in [9.17, 15) is 22.8 Å². The molecule has 1 unspecified atom stereocenters. The van der Waals surface area contributed by atoms with E-state index >= 15 is 0 Å². The topological polar surface area (TPSA) is 67.9 Å². The lowest BCUT2D eigenvalue weighted by molar-refractivity contribution is -0.274. The van der Waals surface area contributed by atoms with E-state index in [2.05, 4.69) is 10.1 Å². The van der Waals surface area contributed by atoms with Gasteiger partial charge in [0.05, 0.1) is 0 Å². The monoisotopic (exact) mass is 430 g/mol. The summed E-state index contributed by atoms with van der Waals surface area (Å²) in [6.45, 7) is 6.95. The molecule has 30 heavy (non-hydrogen) atoms. The number of rotatable bonds is 6. The maximum Gasteiger partial charge on any atom is 0.573 e. The van der Waals surface area contributed by atoms with Crippen molar-refractivity contribution in [3.63, 3.8) is 0 Å². The molecule has 1 atom stereocenters. The summed E-state index contributed by atoms with van der Waals surface area (Å²) in [7, 11) is 0. The predicted octanol–water partition coefficient (Wildman–Crippen LogP) is 4.28. The molecule has 1 aromatic carbocycles. The number of likely N-dealkylation sites (tertiary alicyclic amines) is 1. The normalized spacial score (nSPS) is 17.4. The van der Waals surface area contributed by atoms with Gasteiger partial charge in [-0.1, -0.05) is 18.2 Å². The second-order valence-electron chi connectivity index (χ2n) is 8.39. The Morgan fingerprint density at radius 2 is 1.90 bits per heavy atom. The smallest absolute Gasteiger partial charge is 0.444 e. The van der Waals surface area contributed by atoms with Crippen molar-refractivity contribution in [2.24, 2.45) is 5.92 Å². The lowest BCUT2D eigenvalue weighted by Gasteiger charge is -2.34. The summed E-state index contributed by atoms with van der Waals surface area (Å²) in [6.07, 6.45) is -3.27. The number of carbonyl (C=O) groups excluding carboxylic acids is 2. The Bertz CT molecular complexity index is 732. The predicted molar refractivity (Wildman–Crippen MR) is 105 cm³/mol. The van der Waals surface area contributed by atoms with E-state index in [4.69, 9.17) is 4.74 Å². The van der Waals surface area contributed by atoms with Crippen molar-refractivity contribution in [1.29, 1.82) is 0 Å². The summed E-state index contributed by atoms with van der Waals surface area (Å²) in [5.74, 6) is -0.444. The minimum atomic E-state index is -4.78. The van der Waals surface area contributed by atoms with Crippen molar-refractivity contribution < 1.29 is 32.2 Å². The standard InChI is InChI=1S/C21H29F3N2O4/c1-20(2,3)30-19(28)26-12-6-7-15(14-26)13-25-18(27)11-10-16-8-4-5-9-17(16)29-21(22,23)24/h4-5,8-9,15H,6-7,10-14H2,1-3H3,(H,25,27). The van der Waals surface area contributed by atoms with Crippen LogP contribution in [0.4, 0.5) is 18.0 Å². The fourth-order valence-electron chi connectivity index (χ4n) is 3.25. The van der Waals surface area contributed by atoms with E-state index in [1.807, 2.05) is 20.8 Å². The van der Waals surface area contributed by atoms with Crippen LogP contribution in [0, 0.1) is 5.92 Å². The van der Waals surface area contributed by atoms with Crippen molar-refractivity contribution in [1.82, 2.24) is 10.2 Å². The molecular formula is C21H29F3N2O4. The first kappa shape index (κ1) is 23.8. The lowest BCUT2D eigenvalue weighted by atomic mass is 9.98. The zero-order valence-corrected chi connectivity index (χ0v) is 17.6. The number of benzene rings is 1. The van der Waals surface area contributed by atoms with Gasteiger partial charge in [-0.25, -0.2) is 4.79 Å². The third-order valence-electron chi connectivity index (χ3n) is 4.58. The van der Waals surface area contributed by atoms with Crippen LogP contribution in [0.3, 0.4) is 0 Å². The van der Waals surface area contributed by atoms with Gasteiger partial charge in [0.1, 0.15) is 11.4 Å². The largest absolute Gasteiger partial charge is 0.573 e. The van der Waals surface area contributed by atoms with Gasteiger partial charge in [0, 0.05) is 26.1 Å². The number of aryl methyl sites for hydroxylation is 1. The quantitative estimate of drug-likeness (QED) is 0.732. The van der Waals surface area contributed by atoms with E-state index in [1.54, 1.807) is 11.0 Å². The molecule has 2 rings (SSSR count). The molecule has 0 radical (unpaired) electrons. The minimum Gasteiger partial charge on any atom is -0.444 e. The molecule has 168 valence electrons. The van der Waals surface area contributed by atoms with Crippen molar-refractivity contribution in [3.05, 3.63) is 29.8 Å². The van der Waals surface area contributed by atoms with Crippen LogP contribution in [-0.2, 0) is 16.0 Å². The van der Waals surface area contributed by atoms with Crippen LogP contribution in [0.1, 0.15) is 45.6 Å². The molecule has 0 aliphatic carbocycles. The Balaban J connectivity index is 1.79. The van der Waals surface area contributed by atoms with E-state index in [0.29, 0.717) is 25.2 Å². The van der Waals surface area contributed by atoms with Gasteiger partial charge in [-0.15, -0.1) is 13.2 Å². The number of amides is 2. The van der Waals surface area contributed by atoms with Crippen LogP contribution in [0.25, 0.3) is 0 Å². The number of hydrogen-bond acceptors (Lipinski definition) is 4. The molecule has 0 aromatic heterocycles. The van der Waals surface area contributed by atoms with Crippen LogP contribution in [-0.4, -0.2) is 48.5 Å². The zero-order chi connectivity index (χ0) is 22.4. The molecule has 2 amide bonds. The molecule has 1 aliphatic rings. The molecule has 1 N–H and O–H groups in total. The maximum atomic E-state index is 12.5. The Labute approximate surface area is 174 Å². The van der Waals surface area contributed by atoms with Crippen molar-refractivity contribution in [2.75, 3.05) is 19.6 Å². The lowest BCUT2D eigenvalue weighted by Crippen LogP contribution is -2.45. The van der Waals surface area contributed by atoms with Gasteiger partial charge in [0.2, 0.25) is 5.91 Å². The molecule has 0 bridgehead atoms. The van der Waals surface area contributed by atoms with Crippen molar-refractivity contribution in [3.8, 4) is 5.75 Å². The highest BCUT2D eigenvalue weighted by Crippen LogP contribution is 2.27. The van der Waals surface area contributed by atoms with Gasteiger partial charge in [-0.05, 0) is 57.6 Å². The number of para-hydroxylation sites is 1. The second-order valence-corrected chi connectivity index (χ2v) is 8.39. The fourth-order valence-corrected chi connectivity index (χ4v) is 3.25. The third-order valence-corrected chi connectivity index (χ3v) is 4.58. The Hall–Kier alpha value is -2.45. The molecule has 6 nitrogen and oxygen atoms in total. The average molecular weight is 430 g/mol. The SMILES string of the molecule is CC(C)(C)OC(=O)N1CCCC(CNC(=O)CCc2ccccc2OC(F)(F)F)C1.